The maximum absolute atomic E-state index is 12.9. The highest BCUT2D eigenvalue weighted by molar-refractivity contribution is 5.74. The Hall–Kier alpha value is -2.44. The van der Waals surface area contributed by atoms with Crippen LogP contribution in [0.1, 0.15) is 44.1 Å². The van der Waals surface area contributed by atoms with E-state index in [0.29, 0.717) is 18.5 Å². The van der Waals surface area contributed by atoms with Crippen LogP contribution in [0.5, 0.6) is 0 Å². The zero-order valence-corrected chi connectivity index (χ0v) is 15.4. The number of likely N-dealkylation sites (tertiary alicyclic amines) is 1. The number of halogens is 1. The maximum Gasteiger partial charge on any atom is 0.317 e. The van der Waals surface area contributed by atoms with Crippen LogP contribution in [0.2, 0.25) is 0 Å². The van der Waals surface area contributed by atoms with E-state index < -0.39 is 0 Å². The number of benzene rings is 1. The van der Waals surface area contributed by atoms with E-state index in [0.717, 1.165) is 43.7 Å². The normalized spacial score (nSPS) is 17.5. The number of amides is 2. The first-order valence-electron chi connectivity index (χ1n) is 9.18. The van der Waals surface area contributed by atoms with Gasteiger partial charge >= 0.3 is 6.03 Å². The summed E-state index contributed by atoms with van der Waals surface area (Å²) >= 11 is 0. The molecular formula is C19H26FN5O. The van der Waals surface area contributed by atoms with Crippen LogP contribution < -0.4 is 5.32 Å². The third-order valence-electron chi connectivity index (χ3n) is 4.84. The van der Waals surface area contributed by atoms with Crippen molar-refractivity contribution < 1.29 is 9.18 Å². The van der Waals surface area contributed by atoms with Gasteiger partial charge in [-0.3, -0.25) is 0 Å². The van der Waals surface area contributed by atoms with Gasteiger partial charge in [0.2, 0.25) is 0 Å². The summed E-state index contributed by atoms with van der Waals surface area (Å²) in [6.07, 6.45) is 4.69. The number of nitrogens with zero attached hydrogens (tertiary/aromatic N) is 4. The molecule has 0 spiro atoms. The summed E-state index contributed by atoms with van der Waals surface area (Å²) in [5.74, 6) is 1.11. The number of hydrogen-bond donors (Lipinski definition) is 1. The largest absolute Gasteiger partial charge is 0.334 e. The molecule has 1 aromatic carbocycles. The van der Waals surface area contributed by atoms with E-state index in [1.54, 1.807) is 18.5 Å². The Balaban J connectivity index is 1.53. The number of nitrogens with one attached hydrogen (secondary N) is 1. The van der Waals surface area contributed by atoms with E-state index >= 15 is 0 Å². The van der Waals surface area contributed by atoms with Crippen molar-refractivity contribution in [3.05, 3.63) is 47.8 Å². The van der Waals surface area contributed by atoms with Gasteiger partial charge in [-0.05, 0) is 50.3 Å². The Morgan fingerprint density at radius 3 is 2.85 bits per heavy atom. The van der Waals surface area contributed by atoms with Crippen molar-refractivity contribution >= 4 is 6.03 Å². The van der Waals surface area contributed by atoms with Crippen LogP contribution >= 0.6 is 0 Å². The lowest BCUT2D eigenvalue weighted by Gasteiger charge is -2.32. The van der Waals surface area contributed by atoms with Crippen LogP contribution in [0, 0.1) is 11.7 Å². The second-order valence-electron chi connectivity index (χ2n) is 7.19. The number of rotatable bonds is 5. The van der Waals surface area contributed by atoms with Crippen molar-refractivity contribution in [3.8, 4) is 0 Å². The fourth-order valence-electron chi connectivity index (χ4n) is 3.41. The zero-order chi connectivity index (χ0) is 18.5. The van der Waals surface area contributed by atoms with Gasteiger partial charge in [0.1, 0.15) is 18.0 Å². The molecule has 140 valence electrons. The topological polar surface area (TPSA) is 63.1 Å². The van der Waals surface area contributed by atoms with Crippen molar-refractivity contribution in [2.24, 2.45) is 5.92 Å². The van der Waals surface area contributed by atoms with E-state index in [-0.39, 0.29) is 11.8 Å². The van der Waals surface area contributed by atoms with Crippen molar-refractivity contribution in [2.45, 2.75) is 45.7 Å². The zero-order valence-electron chi connectivity index (χ0n) is 15.4. The first-order valence-corrected chi connectivity index (χ1v) is 9.18. The average molecular weight is 359 g/mol. The molecule has 6 nitrogen and oxygen atoms in total. The van der Waals surface area contributed by atoms with Crippen LogP contribution in [0.25, 0.3) is 0 Å². The van der Waals surface area contributed by atoms with Crippen LogP contribution in [-0.2, 0) is 13.0 Å². The molecule has 0 bridgehead atoms. The molecule has 2 aromatic rings. The average Bonchev–Trinajstić information content (AvgIpc) is 3.09. The minimum Gasteiger partial charge on any atom is -0.334 e. The van der Waals surface area contributed by atoms with Crippen molar-refractivity contribution in [1.29, 1.82) is 0 Å². The lowest BCUT2D eigenvalue weighted by molar-refractivity contribution is 0.163. The van der Waals surface area contributed by atoms with Gasteiger partial charge in [-0.25, -0.2) is 9.18 Å². The van der Waals surface area contributed by atoms with Crippen molar-refractivity contribution in [2.75, 3.05) is 13.1 Å². The Labute approximate surface area is 153 Å². The maximum atomic E-state index is 12.9. The fraction of sp³-hybridized carbons (Fsp3) is 0.526. The van der Waals surface area contributed by atoms with E-state index in [1.165, 1.54) is 12.1 Å². The highest BCUT2D eigenvalue weighted by Gasteiger charge is 2.25. The van der Waals surface area contributed by atoms with Gasteiger partial charge < -0.3 is 14.8 Å². The molecule has 1 N–H and O–H groups in total. The molecule has 2 amide bonds. The third kappa shape index (κ3) is 4.59. The van der Waals surface area contributed by atoms with Gasteiger partial charge in [-0.15, -0.1) is 10.2 Å². The molecule has 1 aliphatic heterocycles. The summed E-state index contributed by atoms with van der Waals surface area (Å²) in [6.45, 7) is 6.12. The Morgan fingerprint density at radius 2 is 2.12 bits per heavy atom. The Morgan fingerprint density at radius 1 is 1.35 bits per heavy atom. The number of piperidine rings is 1. The summed E-state index contributed by atoms with van der Waals surface area (Å²) < 4.78 is 15.0. The molecule has 1 saturated heterocycles. The van der Waals surface area contributed by atoms with E-state index in [2.05, 4.69) is 33.9 Å². The summed E-state index contributed by atoms with van der Waals surface area (Å²) in [7, 11) is 0. The monoisotopic (exact) mass is 359 g/mol. The molecule has 0 aliphatic carbocycles. The standard InChI is InChI=1S/C19H26FN5O/c1-14(2)25-13-22-23-18(25)10-16-4-3-9-24(12-16)19(26)21-11-15-5-7-17(20)8-6-15/h5-8,13-14,16H,3-4,9-12H2,1-2H3,(H,21,26). The van der Waals surface area contributed by atoms with E-state index in [9.17, 15) is 9.18 Å². The smallest absolute Gasteiger partial charge is 0.317 e. The van der Waals surface area contributed by atoms with Crippen molar-refractivity contribution in [3.63, 3.8) is 0 Å². The molecule has 1 unspecified atom stereocenters. The predicted octanol–water partition coefficient (Wildman–Crippen LogP) is 3.16. The van der Waals surface area contributed by atoms with Gasteiger partial charge in [-0.2, -0.15) is 0 Å². The van der Waals surface area contributed by atoms with Gasteiger partial charge in [0, 0.05) is 32.1 Å². The molecule has 0 saturated carbocycles. The molecule has 1 atom stereocenters. The summed E-state index contributed by atoms with van der Waals surface area (Å²) in [5.41, 5.74) is 0.887. The first kappa shape index (κ1) is 18.4. The third-order valence-corrected chi connectivity index (χ3v) is 4.84. The quantitative estimate of drug-likeness (QED) is 0.892. The van der Waals surface area contributed by atoms with Crippen molar-refractivity contribution in [1.82, 2.24) is 25.0 Å². The number of urea groups is 1. The van der Waals surface area contributed by atoms with Crippen LogP contribution in [-0.4, -0.2) is 38.8 Å². The second kappa shape index (κ2) is 8.29. The molecule has 26 heavy (non-hydrogen) atoms. The van der Waals surface area contributed by atoms with Crippen LogP contribution in [0.3, 0.4) is 0 Å². The molecule has 3 rings (SSSR count). The number of hydrogen-bond acceptors (Lipinski definition) is 3. The summed E-state index contributed by atoms with van der Waals surface area (Å²) in [4.78, 5) is 14.3. The summed E-state index contributed by atoms with van der Waals surface area (Å²) in [6, 6.07) is 6.45. The lowest BCUT2D eigenvalue weighted by atomic mass is 9.94. The molecule has 1 fully saturated rings. The van der Waals surface area contributed by atoms with Gasteiger partial charge in [0.05, 0.1) is 0 Å². The van der Waals surface area contributed by atoms with Gasteiger partial charge in [-0.1, -0.05) is 12.1 Å². The van der Waals surface area contributed by atoms with Crippen LogP contribution in [0.15, 0.2) is 30.6 Å². The minimum atomic E-state index is -0.270. The number of carbonyl (C=O) groups is 1. The first-order chi connectivity index (χ1) is 12.5. The molecular weight excluding hydrogens is 333 g/mol. The molecule has 2 heterocycles. The molecule has 7 heteroatoms. The van der Waals surface area contributed by atoms with Crippen LogP contribution in [0.4, 0.5) is 9.18 Å². The predicted molar refractivity (Wildman–Crippen MR) is 97.0 cm³/mol. The second-order valence-corrected chi connectivity index (χ2v) is 7.19. The summed E-state index contributed by atoms with van der Waals surface area (Å²) in [5, 5.41) is 11.2. The number of carbonyl (C=O) groups excluding carboxylic acids is 1. The van der Waals surface area contributed by atoms with Gasteiger partial charge in [0.15, 0.2) is 0 Å². The van der Waals surface area contributed by atoms with E-state index in [4.69, 9.17) is 0 Å². The Bertz CT molecular complexity index is 728. The lowest BCUT2D eigenvalue weighted by Crippen LogP contribution is -2.45. The van der Waals surface area contributed by atoms with E-state index in [1.807, 2.05) is 4.90 Å². The minimum absolute atomic E-state index is 0.0654. The molecule has 1 aromatic heterocycles. The highest BCUT2D eigenvalue weighted by atomic mass is 19.1. The highest BCUT2D eigenvalue weighted by Crippen LogP contribution is 2.21. The fourth-order valence-corrected chi connectivity index (χ4v) is 3.41. The number of aromatic nitrogens is 3. The molecule has 1 aliphatic rings. The van der Waals surface area contributed by atoms with Gasteiger partial charge in [0.25, 0.3) is 0 Å². The Kier molecular flexibility index (Phi) is 5.85. The molecule has 0 radical (unpaired) electrons. The SMILES string of the molecule is CC(C)n1cnnc1CC1CCCN(C(=O)NCc2ccc(F)cc2)C1.